The predicted octanol–water partition coefficient (Wildman–Crippen LogP) is 1.02. The average molecular weight is 309 g/mol. The van der Waals surface area contributed by atoms with Gasteiger partial charge in [-0.25, -0.2) is 18.1 Å². The second kappa shape index (κ2) is 4.30. The van der Waals surface area contributed by atoms with E-state index >= 15 is 0 Å². The summed E-state index contributed by atoms with van der Waals surface area (Å²) >= 11 is 0.898. The summed E-state index contributed by atoms with van der Waals surface area (Å²) in [6.45, 7) is 0. The Kier molecular flexibility index (Phi) is 3.22. The largest absolute Gasteiger partial charge is 0.524 e. The Balaban J connectivity index is 2.50. The molecule has 1 aromatic carbocycles. The molecule has 0 aliphatic carbocycles. The summed E-state index contributed by atoms with van der Waals surface area (Å²) in [7, 11) is -8.42. The zero-order chi connectivity index (χ0) is 13.6. The molecule has 0 spiro atoms. The molecule has 0 fully saturated rings. The van der Waals surface area contributed by atoms with Gasteiger partial charge < -0.3 is 4.52 Å². The number of rotatable bonds is 3. The first kappa shape index (κ1) is 13.5. The summed E-state index contributed by atoms with van der Waals surface area (Å²) in [5.74, 6) is -0.0429. The van der Waals surface area contributed by atoms with Crippen LogP contribution in [0.3, 0.4) is 0 Å². The summed E-state index contributed by atoms with van der Waals surface area (Å²) in [6, 6.07) is 5.55. The second-order valence-electron chi connectivity index (χ2n) is 3.39. The Labute approximate surface area is 106 Å². The molecule has 0 aliphatic heterocycles. The predicted molar refractivity (Wildman–Crippen MR) is 65.9 cm³/mol. The van der Waals surface area contributed by atoms with Crippen LogP contribution in [0.5, 0.6) is 5.75 Å². The first-order valence-electron chi connectivity index (χ1n) is 4.47. The maximum absolute atomic E-state index is 11.1. The summed E-state index contributed by atoms with van der Waals surface area (Å²) < 4.78 is 37.8. The molecule has 0 unspecified atom stereocenters. The van der Waals surface area contributed by atoms with Crippen LogP contribution in [-0.4, -0.2) is 18.2 Å². The van der Waals surface area contributed by atoms with Crippen molar-refractivity contribution in [3.8, 4) is 5.75 Å². The molecular weight excluding hydrogens is 301 g/mol. The van der Waals surface area contributed by atoms with Gasteiger partial charge >= 0.3 is 7.82 Å². The third-order valence-electron chi connectivity index (χ3n) is 1.97. The maximum Gasteiger partial charge on any atom is 0.524 e. The van der Waals surface area contributed by atoms with Crippen LogP contribution >= 0.6 is 19.2 Å². The van der Waals surface area contributed by atoms with Crippen molar-refractivity contribution in [2.45, 2.75) is 4.21 Å². The molecule has 7 nitrogen and oxygen atoms in total. The molecule has 0 bridgehead atoms. The molecule has 2 rings (SSSR count). The minimum Gasteiger partial charge on any atom is -0.404 e. The van der Waals surface area contributed by atoms with Gasteiger partial charge in [0.15, 0.2) is 0 Å². The zero-order valence-electron chi connectivity index (χ0n) is 8.68. The second-order valence-corrected chi connectivity index (χ2v) is 7.43. The number of hydrogen-bond donors (Lipinski definition) is 3. The Hall–Kier alpha value is -0.960. The zero-order valence-corrected chi connectivity index (χ0v) is 11.2. The minimum atomic E-state index is -4.63. The summed E-state index contributed by atoms with van der Waals surface area (Å²) in [4.78, 5) is 17.3. The molecule has 4 N–H and O–H groups in total. The van der Waals surface area contributed by atoms with E-state index < -0.39 is 17.8 Å². The fraction of sp³-hybridized carbons (Fsp3) is 0. The molecule has 0 saturated heterocycles. The molecular formula is C8H8NO6PS2. The van der Waals surface area contributed by atoms with E-state index in [1.807, 2.05) is 0 Å². The van der Waals surface area contributed by atoms with Crippen molar-refractivity contribution in [2.24, 2.45) is 5.14 Å². The first-order chi connectivity index (χ1) is 8.15. The number of phosphoric ester groups is 1. The van der Waals surface area contributed by atoms with Gasteiger partial charge in [0.1, 0.15) is 9.96 Å². The highest BCUT2D eigenvalue weighted by atomic mass is 32.2. The lowest BCUT2D eigenvalue weighted by atomic mass is 10.2. The number of thiophene rings is 1. The van der Waals surface area contributed by atoms with Crippen molar-refractivity contribution < 1.29 is 27.3 Å². The van der Waals surface area contributed by atoms with Crippen LogP contribution in [0.15, 0.2) is 28.5 Å². The van der Waals surface area contributed by atoms with Crippen molar-refractivity contribution in [1.82, 2.24) is 0 Å². The van der Waals surface area contributed by atoms with Crippen molar-refractivity contribution in [3.63, 3.8) is 0 Å². The van der Waals surface area contributed by atoms with Crippen LogP contribution in [0.1, 0.15) is 0 Å². The average Bonchev–Trinajstić information content (AvgIpc) is 2.57. The van der Waals surface area contributed by atoms with Crippen molar-refractivity contribution in [3.05, 3.63) is 24.3 Å². The van der Waals surface area contributed by atoms with E-state index in [-0.39, 0.29) is 9.96 Å². The molecule has 0 atom stereocenters. The smallest absolute Gasteiger partial charge is 0.404 e. The van der Waals surface area contributed by atoms with E-state index in [2.05, 4.69) is 4.52 Å². The highest BCUT2D eigenvalue weighted by Crippen LogP contribution is 2.39. The lowest BCUT2D eigenvalue weighted by molar-refractivity contribution is 0.283. The molecule has 1 aromatic heterocycles. The molecule has 1 heterocycles. The lowest BCUT2D eigenvalue weighted by Gasteiger charge is -2.05. The standard InChI is InChI=1S/C8H8NO6PS2/c9-18(13,14)8-3-5-1-2-6(4-7(5)17-8)15-16(10,11)12/h1-4H,(H2,9,13,14)(H2,10,11,12). The van der Waals surface area contributed by atoms with E-state index in [0.29, 0.717) is 10.1 Å². The summed E-state index contributed by atoms with van der Waals surface area (Å²) in [5.41, 5.74) is 0. The molecule has 2 aromatic rings. The number of benzene rings is 1. The Morgan fingerprint density at radius 2 is 1.94 bits per heavy atom. The summed E-state index contributed by atoms with van der Waals surface area (Å²) in [6.07, 6.45) is 0. The minimum absolute atomic E-state index is 0.0224. The van der Waals surface area contributed by atoms with E-state index in [1.54, 1.807) is 0 Å². The SMILES string of the molecule is NS(=O)(=O)c1cc2ccc(OP(=O)(O)O)cc2s1. The number of phosphoric acid groups is 1. The van der Waals surface area contributed by atoms with Crippen LogP contribution in [0.2, 0.25) is 0 Å². The number of fused-ring (bicyclic) bond motifs is 1. The fourth-order valence-corrected chi connectivity index (χ4v) is 3.56. The van der Waals surface area contributed by atoms with Gasteiger partial charge in [-0.1, -0.05) is 0 Å². The topological polar surface area (TPSA) is 127 Å². The molecule has 10 heteroatoms. The fourth-order valence-electron chi connectivity index (χ4n) is 1.32. The van der Waals surface area contributed by atoms with Crippen molar-refractivity contribution in [2.75, 3.05) is 0 Å². The third-order valence-corrected chi connectivity index (χ3v) is 4.94. The molecule has 0 aliphatic rings. The van der Waals surface area contributed by atoms with E-state index in [4.69, 9.17) is 14.9 Å². The highest BCUT2D eigenvalue weighted by Gasteiger charge is 2.17. The Morgan fingerprint density at radius 3 is 2.50 bits per heavy atom. The van der Waals surface area contributed by atoms with Gasteiger partial charge in [0.25, 0.3) is 0 Å². The first-order valence-corrected chi connectivity index (χ1v) is 8.36. The highest BCUT2D eigenvalue weighted by molar-refractivity contribution is 7.91. The Morgan fingerprint density at radius 1 is 1.28 bits per heavy atom. The maximum atomic E-state index is 11.1. The number of nitrogens with two attached hydrogens (primary N) is 1. The van der Waals surface area contributed by atoms with E-state index in [9.17, 15) is 13.0 Å². The van der Waals surface area contributed by atoms with Gasteiger partial charge in [-0.05, 0) is 29.7 Å². The summed E-state index contributed by atoms with van der Waals surface area (Å²) in [5, 5.41) is 5.59. The van der Waals surface area contributed by atoms with Gasteiger partial charge in [0.2, 0.25) is 10.0 Å². The lowest BCUT2D eigenvalue weighted by Crippen LogP contribution is -2.09. The Bertz CT molecular complexity index is 746. The molecule has 98 valence electrons. The number of sulfonamides is 1. The van der Waals surface area contributed by atoms with Gasteiger partial charge in [-0.15, -0.1) is 11.3 Å². The number of hydrogen-bond acceptors (Lipinski definition) is 5. The molecule has 0 amide bonds. The van der Waals surface area contributed by atoms with Crippen molar-refractivity contribution in [1.29, 1.82) is 0 Å². The van der Waals surface area contributed by atoms with E-state index in [1.165, 1.54) is 24.3 Å². The van der Waals surface area contributed by atoms with Crippen LogP contribution in [-0.2, 0) is 14.6 Å². The van der Waals surface area contributed by atoms with Crippen LogP contribution in [0.25, 0.3) is 10.1 Å². The molecule has 18 heavy (non-hydrogen) atoms. The third kappa shape index (κ3) is 3.08. The molecule has 0 saturated carbocycles. The number of primary sulfonamides is 1. The van der Waals surface area contributed by atoms with E-state index in [0.717, 1.165) is 11.3 Å². The van der Waals surface area contributed by atoms with Gasteiger partial charge in [0.05, 0.1) is 0 Å². The quantitative estimate of drug-likeness (QED) is 0.726. The van der Waals surface area contributed by atoms with Crippen LogP contribution in [0.4, 0.5) is 0 Å². The monoisotopic (exact) mass is 309 g/mol. The normalized spacial score (nSPS) is 12.8. The van der Waals surface area contributed by atoms with Crippen LogP contribution < -0.4 is 9.66 Å². The van der Waals surface area contributed by atoms with Gasteiger partial charge in [0, 0.05) is 4.70 Å². The molecule has 0 radical (unpaired) electrons. The van der Waals surface area contributed by atoms with Gasteiger partial charge in [-0.3, -0.25) is 9.79 Å². The van der Waals surface area contributed by atoms with Gasteiger partial charge in [-0.2, -0.15) is 0 Å². The van der Waals surface area contributed by atoms with Crippen LogP contribution in [0, 0.1) is 0 Å². The van der Waals surface area contributed by atoms with Crippen molar-refractivity contribution >= 4 is 39.3 Å².